The van der Waals surface area contributed by atoms with Gasteiger partial charge in [0.25, 0.3) is 0 Å². The Hall–Kier alpha value is -2.28. The highest BCUT2D eigenvalue weighted by Crippen LogP contribution is 2.23. The molecule has 5 nitrogen and oxygen atoms in total. The average Bonchev–Trinajstić information content (AvgIpc) is 2.82. The Balaban J connectivity index is 2.02. The molecule has 110 valence electrons. The number of aryl methyl sites for hydroxylation is 1. The Morgan fingerprint density at radius 1 is 1.48 bits per heavy atom. The maximum absolute atomic E-state index is 12.7. The number of carbonyl (C=O) groups excluding carboxylic acids is 1. The van der Waals surface area contributed by atoms with Gasteiger partial charge in [-0.05, 0) is 31.5 Å². The summed E-state index contributed by atoms with van der Waals surface area (Å²) in [6.07, 6.45) is 1.54. The van der Waals surface area contributed by atoms with Crippen LogP contribution in [0.3, 0.4) is 0 Å². The van der Waals surface area contributed by atoms with Gasteiger partial charge in [0.05, 0.1) is 18.5 Å². The van der Waals surface area contributed by atoms with Gasteiger partial charge in [-0.3, -0.25) is 5.43 Å². The number of halogens is 1. The number of hydrogen-bond donors (Lipinski definition) is 1. The molecule has 2 rings (SSSR count). The quantitative estimate of drug-likeness (QED) is 0.523. The van der Waals surface area contributed by atoms with Gasteiger partial charge in [0, 0.05) is 0 Å². The Labute approximate surface area is 125 Å². The largest absolute Gasteiger partial charge is 0.462 e. The zero-order chi connectivity index (χ0) is 15.2. The van der Waals surface area contributed by atoms with E-state index < -0.39 is 0 Å². The SMILES string of the molecule is CCOC(=O)c1sc(N/N=C/c2ccc(F)cc2)nc1C. The van der Waals surface area contributed by atoms with Crippen molar-refractivity contribution in [2.75, 3.05) is 12.0 Å². The molecule has 0 aliphatic rings. The second kappa shape index (κ2) is 6.94. The van der Waals surface area contributed by atoms with E-state index in [1.807, 2.05) is 0 Å². The number of hydrogen-bond acceptors (Lipinski definition) is 6. The van der Waals surface area contributed by atoms with Crippen molar-refractivity contribution in [3.63, 3.8) is 0 Å². The highest BCUT2D eigenvalue weighted by atomic mass is 32.1. The molecule has 1 heterocycles. The maximum atomic E-state index is 12.7. The number of rotatable bonds is 5. The van der Waals surface area contributed by atoms with Gasteiger partial charge < -0.3 is 4.74 Å². The summed E-state index contributed by atoms with van der Waals surface area (Å²) in [5.74, 6) is -0.683. The topological polar surface area (TPSA) is 63.6 Å². The van der Waals surface area contributed by atoms with E-state index in [1.165, 1.54) is 23.5 Å². The number of aromatic nitrogens is 1. The van der Waals surface area contributed by atoms with Crippen molar-refractivity contribution >= 4 is 28.7 Å². The van der Waals surface area contributed by atoms with E-state index in [2.05, 4.69) is 15.5 Å². The van der Waals surface area contributed by atoms with Crippen LogP contribution in [0.1, 0.15) is 27.9 Å². The van der Waals surface area contributed by atoms with Crippen molar-refractivity contribution in [3.05, 3.63) is 46.2 Å². The van der Waals surface area contributed by atoms with Gasteiger partial charge in [-0.25, -0.2) is 14.2 Å². The summed E-state index contributed by atoms with van der Waals surface area (Å²) in [7, 11) is 0. The average molecular weight is 307 g/mol. The first-order chi connectivity index (χ1) is 10.1. The lowest BCUT2D eigenvalue weighted by atomic mass is 10.2. The van der Waals surface area contributed by atoms with Gasteiger partial charge in [0.1, 0.15) is 10.7 Å². The number of esters is 1. The zero-order valence-electron chi connectivity index (χ0n) is 11.6. The van der Waals surface area contributed by atoms with Crippen LogP contribution in [0, 0.1) is 12.7 Å². The van der Waals surface area contributed by atoms with Crippen molar-refractivity contribution in [1.29, 1.82) is 0 Å². The zero-order valence-corrected chi connectivity index (χ0v) is 12.4. The van der Waals surface area contributed by atoms with Crippen LogP contribution in [-0.2, 0) is 4.74 Å². The molecule has 1 aromatic heterocycles. The predicted molar refractivity (Wildman–Crippen MR) is 80.4 cm³/mol. The van der Waals surface area contributed by atoms with Crippen LogP contribution in [-0.4, -0.2) is 23.8 Å². The first-order valence-corrected chi connectivity index (χ1v) is 7.11. The molecular weight excluding hydrogens is 293 g/mol. The van der Waals surface area contributed by atoms with Crippen LogP contribution in [0.2, 0.25) is 0 Å². The normalized spacial score (nSPS) is 10.8. The summed E-state index contributed by atoms with van der Waals surface area (Å²) in [4.78, 5) is 16.3. The molecule has 0 bridgehead atoms. The van der Waals surface area contributed by atoms with E-state index in [0.717, 1.165) is 5.56 Å². The predicted octanol–water partition coefficient (Wildman–Crippen LogP) is 3.21. The summed E-state index contributed by atoms with van der Waals surface area (Å²) in [5.41, 5.74) is 4.09. The second-order valence-electron chi connectivity index (χ2n) is 4.08. The van der Waals surface area contributed by atoms with E-state index >= 15 is 0 Å². The van der Waals surface area contributed by atoms with Crippen molar-refractivity contribution in [3.8, 4) is 0 Å². The summed E-state index contributed by atoms with van der Waals surface area (Å²) in [6.45, 7) is 3.81. The van der Waals surface area contributed by atoms with Crippen molar-refractivity contribution in [2.24, 2.45) is 5.10 Å². The molecule has 0 radical (unpaired) electrons. The first-order valence-electron chi connectivity index (χ1n) is 6.29. The Morgan fingerprint density at radius 2 is 2.19 bits per heavy atom. The van der Waals surface area contributed by atoms with E-state index in [0.29, 0.717) is 22.3 Å². The van der Waals surface area contributed by atoms with Gasteiger partial charge in [-0.2, -0.15) is 5.10 Å². The third kappa shape index (κ3) is 4.09. The molecular formula is C14H14FN3O2S. The van der Waals surface area contributed by atoms with E-state index in [-0.39, 0.29) is 11.8 Å². The van der Waals surface area contributed by atoms with Crippen LogP contribution < -0.4 is 5.43 Å². The smallest absolute Gasteiger partial charge is 0.350 e. The molecule has 21 heavy (non-hydrogen) atoms. The Morgan fingerprint density at radius 3 is 2.86 bits per heavy atom. The number of thiazole rings is 1. The fourth-order valence-corrected chi connectivity index (χ4v) is 2.35. The molecule has 7 heteroatoms. The number of anilines is 1. The van der Waals surface area contributed by atoms with Crippen molar-refractivity contribution in [2.45, 2.75) is 13.8 Å². The number of nitrogens with one attached hydrogen (secondary N) is 1. The van der Waals surface area contributed by atoms with Gasteiger partial charge in [-0.15, -0.1) is 0 Å². The fourth-order valence-electron chi connectivity index (χ4n) is 1.54. The van der Waals surface area contributed by atoms with Crippen molar-refractivity contribution in [1.82, 2.24) is 4.98 Å². The number of hydrazone groups is 1. The lowest BCUT2D eigenvalue weighted by Crippen LogP contribution is -2.03. The third-order valence-electron chi connectivity index (χ3n) is 2.50. The summed E-state index contributed by atoms with van der Waals surface area (Å²) < 4.78 is 17.7. The molecule has 1 N–H and O–H groups in total. The summed E-state index contributed by atoms with van der Waals surface area (Å²) >= 11 is 1.17. The molecule has 0 aliphatic carbocycles. The number of ether oxygens (including phenoxy) is 1. The molecule has 0 saturated carbocycles. The number of nitrogens with zero attached hydrogens (tertiary/aromatic N) is 2. The maximum Gasteiger partial charge on any atom is 0.350 e. The minimum atomic E-state index is -0.386. The number of carbonyl (C=O) groups is 1. The highest BCUT2D eigenvalue weighted by molar-refractivity contribution is 7.17. The molecule has 0 atom stereocenters. The number of benzene rings is 1. The van der Waals surface area contributed by atoms with Crippen LogP contribution >= 0.6 is 11.3 Å². The van der Waals surface area contributed by atoms with E-state index in [9.17, 15) is 9.18 Å². The van der Waals surface area contributed by atoms with Gasteiger partial charge in [0.2, 0.25) is 5.13 Å². The van der Waals surface area contributed by atoms with Crippen LogP contribution in [0.4, 0.5) is 9.52 Å². The van der Waals surface area contributed by atoms with Crippen LogP contribution in [0.5, 0.6) is 0 Å². The summed E-state index contributed by atoms with van der Waals surface area (Å²) in [5, 5.41) is 4.49. The van der Waals surface area contributed by atoms with E-state index in [1.54, 1.807) is 32.2 Å². The second-order valence-corrected chi connectivity index (χ2v) is 5.07. The van der Waals surface area contributed by atoms with Crippen LogP contribution in [0.25, 0.3) is 0 Å². The van der Waals surface area contributed by atoms with Gasteiger partial charge in [-0.1, -0.05) is 23.5 Å². The monoisotopic (exact) mass is 307 g/mol. The van der Waals surface area contributed by atoms with E-state index in [4.69, 9.17) is 4.74 Å². The minimum Gasteiger partial charge on any atom is -0.462 e. The standard InChI is InChI=1S/C14H14FN3O2S/c1-3-20-13(19)12-9(2)17-14(21-12)18-16-8-10-4-6-11(15)7-5-10/h4-8H,3H2,1-2H3,(H,17,18)/b16-8+. The van der Waals surface area contributed by atoms with Gasteiger partial charge >= 0.3 is 5.97 Å². The lowest BCUT2D eigenvalue weighted by Gasteiger charge is -1.97. The molecule has 0 amide bonds. The Bertz CT molecular complexity index is 653. The Kier molecular flexibility index (Phi) is 4.99. The fraction of sp³-hybridized carbons (Fsp3) is 0.214. The molecule has 0 fully saturated rings. The molecule has 1 aromatic carbocycles. The molecule has 2 aromatic rings. The third-order valence-corrected chi connectivity index (χ3v) is 3.54. The first kappa shape index (κ1) is 15.1. The molecule has 0 aliphatic heterocycles. The van der Waals surface area contributed by atoms with Gasteiger partial charge in [0.15, 0.2) is 0 Å². The minimum absolute atomic E-state index is 0.297. The highest BCUT2D eigenvalue weighted by Gasteiger charge is 2.15. The van der Waals surface area contributed by atoms with Crippen molar-refractivity contribution < 1.29 is 13.9 Å². The summed E-state index contributed by atoms with van der Waals surface area (Å²) in [6, 6.07) is 5.93. The molecule has 0 spiro atoms. The lowest BCUT2D eigenvalue weighted by molar-refractivity contribution is 0.0531. The molecule has 0 unspecified atom stereocenters. The van der Waals surface area contributed by atoms with Crippen LogP contribution in [0.15, 0.2) is 29.4 Å². The molecule has 0 saturated heterocycles.